The molecule has 0 aromatic heterocycles. The highest BCUT2D eigenvalue weighted by Gasteiger charge is 2.40. The van der Waals surface area contributed by atoms with Crippen LogP contribution >= 0.6 is 0 Å². The van der Waals surface area contributed by atoms with Crippen molar-refractivity contribution in [3.63, 3.8) is 0 Å². The molecule has 3 heteroatoms. The van der Waals surface area contributed by atoms with Crippen LogP contribution in [0, 0.1) is 11.8 Å². The topological polar surface area (TPSA) is 32.3 Å². The van der Waals surface area contributed by atoms with Gasteiger partial charge in [0.1, 0.15) is 0 Å². The van der Waals surface area contributed by atoms with E-state index in [1.54, 1.807) is 0 Å². The monoisotopic (exact) mass is 272 g/mol. The molecule has 0 radical (unpaired) electrons. The summed E-state index contributed by atoms with van der Waals surface area (Å²) in [7, 11) is 0. The van der Waals surface area contributed by atoms with Gasteiger partial charge in [0.2, 0.25) is 5.91 Å². The first-order chi connectivity index (χ1) is 9.76. The minimum atomic E-state index is 0.174. The molecule has 3 rings (SSSR count). The Morgan fingerprint density at radius 1 is 1.25 bits per heavy atom. The number of hydrogen-bond donors (Lipinski definition) is 1. The van der Waals surface area contributed by atoms with Crippen molar-refractivity contribution in [1.29, 1.82) is 0 Å². The summed E-state index contributed by atoms with van der Waals surface area (Å²) in [5.41, 5.74) is 1.12. The van der Waals surface area contributed by atoms with Gasteiger partial charge >= 0.3 is 0 Å². The van der Waals surface area contributed by atoms with E-state index < -0.39 is 0 Å². The fraction of sp³-hybridized carbons (Fsp3) is 0.588. The van der Waals surface area contributed by atoms with Gasteiger partial charge in [-0.25, -0.2) is 0 Å². The first-order valence-electron chi connectivity index (χ1n) is 7.85. The molecule has 2 fully saturated rings. The van der Waals surface area contributed by atoms with E-state index in [2.05, 4.69) is 29.3 Å². The predicted octanol–water partition coefficient (Wildman–Crippen LogP) is 2.82. The van der Waals surface area contributed by atoms with E-state index in [1.165, 1.54) is 25.7 Å². The number of carbonyl (C=O) groups excluding carboxylic acids is 1. The van der Waals surface area contributed by atoms with Crippen molar-refractivity contribution >= 4 is 11.6 Å². The average molecular weight is 272 g/mol. The Balaban J connectivity index is 1.55. The van der Waals surface area contributed by atoms with Crippen LogP contribution in [0.4, 0.5) is 5.69 Å². The largest absolute Gasteiger partial charge is 0.363 e. The van der Waals surface area contributed by atoms with Gasteiger partial charge in [-0.2, -0.15) is 0 Å². The van der Waals surface area contributed by atoms with Gasteiger partial charge in [-0.15, -0.1) is 0 Å². The molecule has 0 heterocycles. The van der Waals surface area contributed by atoms with Crippen molar-refractivity contribution in [1.82, 2.24) is 5.32 Å². The standard InChI is InChI=1S/C17H24N2O/c1-2-19(15-6-4-3-5-7-15)12-17(20)18-16-11-13-8-9-14(16)10-13/h3-7,13-14,16H,2,8-12H2,1H3,(H,18,20)/t13-,14-,16-/m1/s1. The van der Waals surface area contributed by atoms with Crippen LogP contribution in [-0.2, 0) is 4.79 Å². The lowest BCUT2D eigenvalue weighted by Gasteiger charge is -2.26. The Morgan fingerprint density at radius 2 is 2.05 bits per heavy atom. The lowest BCUT2D eigenvalue weighted by molar-refractivity contribution is -0.120. The van der Waals surface area contributed by atoms with Crippen LogP contribution in [0.25, 0.3) is 0 Å². The average Bonchev–Trinajstić information content (AvgIpc) is 3.08. The third-order valence-electron chi connectivity index (χ3n) is 4.92. The number of amides is 1. The van der Waals surface area contributed by atoms with Crippen molar-refractivity contribution in [2.75, 3.05) is 18.0 Å². The van der Waals surface area contributed by atoms with Crippen LogP contribution in [0.15, 0.2) is 30.3 Å². The van der Waals surface area contributed by atoms with Crippen molar-refractivity contribution in [2.24, 2.45) is 11.8 Å². The Hall–Kier alpha value is -1.51. The molecule has 0 aliphatic heterocycles. The molecule has 1 amide bonds. The van der Waals surface area contributed by atoms with E-state index in [0.29, 0.717) is 12.6 Å². The number of benzene rings is 1. The van der Waals surface area contributed by atoms with E-state index in [-0.39, 0.29) is 5.91 Å². The highest BCUT2D eigenvalue weighted by molar-refractivity contribution is 5.81. The first-order valence-corrected chi connectivity index (χ1v) is 7.85. The number of hydrogen-bond acceptors (Lipinski definition) is 2. The summed E-state index contributed by atoms with van der Waals surface area (Å²) in [4.78, 5) is 14.4. The molecule has 1 N–H and O–H groups in total. The van der Waals surface area contributed by atoms with Crippen molar-refractivity contribution in [3.8, 4) is 0 Å². The van der Waals surface area contributed by atoms with Gasteiger partial charge < -0.3 is 10.2 Å². The van der Waals surface area contributed by atoms with Crippen LogP contribution in [0.1, 0.15) is 32.6 Å². The maximum absolute atomic E-state index is 12.3. The van der Waals surface area contributed by atoms with Crippen LogP contribution in [0.5, 0.6) is 0 Å². The number of nitrogens with one attached hydrogen (secondary N) is 1. The number of rotatable bonds is 5. The lowest BCUT2D eigenvalue weighted by Crippen LogP contribution is -2.44. The molecule has 2 aliphatic rings. The summed E-state index contributed by atoms with van der Waals surface area (Å²) in [6.07, 6.45) is 5.23. The molecular weight excluding hydrogens is 248 g/mol. The van der Waals surface area contributed by atoms with Gasteiger partial charge in [0.15, 0.2) is 0 Å². The van der Waals surface area contributed by atoms with Crippen LogP contribution in [-0.4, -0.2) is 25.0 Å². The fourth-order valence-electron chi connectivity index (χ4n) is 3.87. The second kappa shape index (κ2) is 5.86. The molecule has 0 saturated heterocycles. The third-order valence-corrected chi connectivity index (χ3v) is 4.92. The summed E-state index contributed by atoms with van der Waals surface area (Å²) < 4.78 is 0. The third kappa shape index (κ3) is 2.82. The molecular formula is C17H24N2O. The zero-order valence-electron chi connectivity index (χ0n) is 12.2. The van der Waals surface area contributed by atoms with E-state index in [0.717, 1.165) is 24.1 Å². The summed E-state index contributed by atoms with van der Waals surface area (Å²) in [6.45, 7) is 3.42. The van der Waals surface area contributed by atoms with Crippen LogP contribution in [0.2, 0.25) is 0 Å². The van der Waals surface area contributed by atoms with Gasteiger partial charge in [0.25, 0.3) is 0 Å². The predicted molar refractivity (Wildman–Crippen MR) is 81.7 cm³/mol. The second-order valence-corrected chi connectivity index (χ2v) is 6.20. The summed E-state index contributed by atoms with van der Waals surface area (Å²) in [6, 6.07) is 10.6. The lowest BCUT2D eigenvalue weighted by atomic mass is 9.95. The van der Waals surface area contributed by atoms with Crippen molar-refractivity contribution in [2.45, 2.75) is 38.6 Å². The number of para-hydroxylation sites is 1. The van der Waals surface area contributed by atoms with Gasteiger partial charge in [-0.05, 0) is 50.2 Å². The molecule has 0 spiro atoms. The molecule has 3 atom stereocenters. The fourth-order valence-corrected chi connectivity index (χ4v) is 3.87. The summed E-state index contributed by atoms with van der Waals surface area (Å²) in [5, 5.41) is 3.26. The van der Waals surface area contributed by atoms with E-state index in [4.69, 9.17) is 0 Å². The highest BCUT2D eigenvalue weighted by atomic mass is 16.2. The van der Waals surface area contributed by atoms with Gasteiger partial charge in [0, 0.05) is 18.3 Å². The van der Waals surface area contributed by atoms with Crippen molar-refractivity contribution in [3.05, 3.63) is 30.3 Å². The van der Waals surface area contributed by atoms with E-state index in [9.17, 15) is 4.79 Å². The molecule has 0 unspecified atom stereocenters. The molecule has 108 valence electrons. The molecule has 2 aliphatic carbocycles. The number of carbonyl (C=O) groups is 1. The van der Waals surface area contributed by atoms with Crippen LogP contribution in [0.3, 0.4) is 0 Å². The quantitative estimate of drug-likeness (QED) is 0.894. The van der Waals surface area contributed by atoms with Crippen LogP contribution < -0.4 is 10.2 Å². The second-order valence-electron chi connectivity index (χ2n) is 6.20. The highest BCUT2D eigenvalue weighted by Crippen LogP contribution is 2.44. The number of fused-ring (bicyclic) bond motifs is 2. The van der Waals surface area contributed by atoms with Gasteiger partial charge in [-0.1, -0.05) is 24.6 Å². The Kier molecular flexibility index (Phi) is 3.95. The molecule has 20 heavy (non-hydrogen) atoms. The van der Waals surface area contributed by atoms with Crippen molar-refractivity contribution < 1.29 is 4.79 Å². The molecule has 2 saturated carbocycles. The van der Waals surface area contributed by atoms with E-state index >= 15 is 0 Å². The molecule has 2 bridgehead atoms. The Bertz CT molecular complexity index is 459. The summed E-state index contributed by atoms with van der Waals surface area (Å²) in [5.74, 6) is 1.80. The minimum absolute atomic E-state index is 0.174. The van der Waals surface area contributed by atoms with Gasteiger partial charge in [0.05, 0.1) is 6.54 Å². The normalized spacial score (nSPS) is 27.6. The smallest absolute Gasteiger partial charge is 0.239 e. The van der Waals surface area contributed by atoms with E-state index in [1.807, 2.05) is 18.2 Å². The summed E-state index contributed by atoms with van der Waals surface area (Å²) >= 11 is 0. The molecule has 1 aromatic rings. The maximum Gasteiger partial charge on any atom is 0.239 e. The first kappa shape index (κ1) is 13.5. The number of anilines is 1. The van der Waals surface area contributed by atoms with Gasteiger partial charge in [-0.3, -0.25) is 4.79 Å². The molecule has 1 aromatic carbocycles. The zero-order valence-corrected chi connectivity index (χ0v) is 12.2. The SMILES string of the molecule is CCN(CC(=O)N[C@@H]1C[C@@H]2CC[C@@H]1C2)c1ccccc1. The molecule has 3 nitrogen and oxygen atoms in total. The Morgan fingerprint density at radius 3 is 2.65 bits per heavy atom. The Labute approximate surface area is 121 Å². The maximum atomic E-state index is 12.3. The minimum Gasteiger partial charge on any atom is -0.363 e. The zero-order chi connectivity index (χ0) is 13.9. The number of nitrogens with zero attached hydrogens (tertiary/aromatic N) is 1. The number of likely N-dealkylation sites (N-methyl/N-ethyl adjacent to an activating group) is 1.